The molecule has 2 aliphatic heterocycles. The molecule has 1 atom stereocenters. The van der Waals surface area contributed by atoms with E-state index in [0.29, 0.717) is 29.5 Å². The largest absolute Gasteiger partial charge is 0.454 e. The predicted octanol–water partition coefficient (Wildman–Crippen LogP) is 1.80. The van der Waals surface area contributed by atoms with Crippen LogP contribution >= 0.6 is 0 Å². The Balaban J connectivity index is 1.48. The van der Waals surface area contributed by atoms with E-state index in [9.17, 15) is 9.59 Å². The van der Waals surface area contributed by atoms with Gasteiger partial charge in [-0.05, 0) is 24.3 Å². The SMILES string of the molecule is O=C(Nc1ccccn1)C1CC(=O)N(c2ccc3c(c2)OCO3)C1. The molecule has 7 nitrogen and oxygen atoms in total. The molecule has 0 bridgehead atoms. The van der Waals surface area contributed by atoms with Gasteiger partial charge in [0, 0.05) is 30.9 Å². The van der Waals surface area contributed by atoms with E-state index >= 15 is 0 Å². The van der Waals surface area contributed by atoms with Gasteiger partial charge in [0.2, 0.25) is 18.6 Å². The van der Waals surface area contributed by atoms with Gasteiger partial charge in [-0.25, -0.2) is 4.98 Å². The highest BCUT2D eigenvalue weighted by Gasteiger charge is 2.35. The van der Waals surface area contributed by atoms with Gasteiger partial charge in [0.05, 0.1) is 5.92 Å². The van der Waals surface area contributed by atoms with Crippen molar-refractivity contribution >= 4 is 23.3 Å². The zero-order valence-corrected chi connectivity index (χ0v) is 12.8. The molecule has 4 rings (SSSR count). The summed E-state index contributed by atoms with van der Waals surface area (Å²) in [4.78, 5) is 30.3. The van der Waals surface area contributed by atoms with Crippen LogP contribution in [0.3, 0.4) is 0 Å². The molecule has 1 unspecified atom stereocenters. The fourth-order valence-corrected chi connectivity index (χ4v) is 2.85. The molecule has 122 valence electrons. The molecule has 1 N–H and O–H groups in total. The quantitative estimate of drug-likeness (QED) is 0.931. The molecule has 24 heavy (non-hydrogen) atoms. The van der Waals surface area contributed by atoms with E-state index in [1.54, 1.807) is 47.5 Å². The van der Waals surface area contributed by atoms with Crippen LogP contribution in [0.5, 0.6) is 11.5 Å². The number of benzene rings is 1. The maximum Gasteiger partial charge on any atom is 0.231 e. The van der Waals surface area contributed by atoms with Gasteiger partial charge in [0.1, 0.15) is 5.82 Å². The molecule has 3 heterocycles. The molecule has 0 spiro atoms. The number of fused-ring (bicyclic) bond motifs is 1. The highest BCUT2D eigenvalue weighted by molar-refractivity contribution is 6.03. The van der Waals surface area contributed by atoms with Crippen LogP contribution in [0.25, 0.3) is 0 Å². The second-order valence-corrected chi connectivity index (χ2v) is 5.65. The molecule has 0 radical (unpaired) electrons. The number of nitrogens with zero attached hydrogens (tertiary/aromatic N) is 2. The highest BCUT2D eigenvalue weighted by atomic mass is 16.7. The van der Waals surface area contributed by atoms with E-state index < -0.39 is 5.92 Å². The minimum atomic E-state index is -0.412. The zero-order valence-electron chi connectivity index (χ0n) is 12.8. The van der Waals surface area contributed by atoms with Gasteiger partial charge in [0.15, 0.2) is 11.5 Å². The second kappa shape index (κ2) is 5.84. The summed E-state index contributed by atoms with van der Waals surface area (Å²) in [7, 11) is 0. The number of carbonyl (C=O) groups excluding carboxylic acids is 2. The molecule has 7 heteroatoms. The van der Waals surface area contributed by atoms with Gasteiger partial charge in [-0.1, -0.05) is 6.07 Å². The van der Waals surface area contributed by atoms with Crippen LogP contribution in [0.1, 0.15) is 6.42 Å². The summed E-state index contributed by atoms with van der Waals surface area (Å²) in [6.07, 6.45) is 1.78. The number of ether oxygens (including phenoxy) is 2. The number of aromatic nitrogens is 1. The molecule has 1 aromatic heterocycles. The Hall–Kier alpha value is -3.09. The summed E-state index contributed by atoms with van der Waals surface area (Å²) in [6, 6.07) is 10.6. The summed E-state index contributed by atoms with van der Waals surface area (Å²) in [5, 5.41) is 2.74. The van der Waals surface area contributed by atoms with E-state index in [2.05, 4.69) is 10.3 Å². The average molecular weight is 325 g/mol. The van der Waals surface area contributed by atoms with Crippen LogP contribution in [0.4, 0.5) is 11.5 Å². The number of amides is 2. The molecule has 2 amide bonds. The topological polar surface area (TPSA) is 80.8 Å². The number of hydrogen-bond acceptors (Lipinski definition) is 5. The molecule has 0 saturated carbocycles. The van der Waals surface area contributed by atoms with Crippen LogP contribution < -0.4 is 19.7 Å². The highest BCUT2D eigenvalue weighted by Crippen LogP contribution is 2.37. The van der Waals surface area contributed by atoms with Crippen molar-refractivity contribution in [3.63, 3.8) is 0 Å². The first kappa shape index (κ1) is 14.5. The van der Waals surface area contributed by atoms with Crippen LogP contribution in [0, 0.1) is 5.92 Å². The van der Waals surface area contributed by atoms with E-state index in [-0.39, 0.29) is 25.0 Å². The number of nitrogens with one attached hydrogen (secondary N) is 1. The Morgan fingerprint density at radius 3 is 2.92 bits per heavy atom. The van der Waals surface area contributed by atoms with E-state index in [4.69, 9.17) is 9.47 Å². The summed E-state index contributed by atoms with van der Waals surface area (Å²) >= 11 is 0. The van der Waals surface area contributed by atoms with Crippen LogP contribution in [-0.2, 0) is 9.59 Å². The summed E-state index contributed by atoms with van der Waals surface area (Å²) in [5.74, 6) is 1.05. The van der Waals surface area contributed by atoms with Gasteiger partial charge in [0.25, 0.3) is 0 Å². The maximum atomic E-state index is 12.3. The maximum absolute atomic E-state index is 12.3. The van der Waals surface area contributed by atoms with E-state index in [1.807, 2.05) is 0 Å². The van der Waals surface area contributed by atoms with Crippen molar-refractivity contribution in [2.24, 2.45) is 5.92 Å². The second-order valence-electron chi connectivity index (χ2n) is 5.65. The third-order valence-corrected chi connectivity index (χ3v) is 4.08. The van der Waals surface area contributed by atoms with Gasteiger partial charge in [-0.15, -0.1) is 0 Å². The van der Waals surface area contributed by atoms with Crippen molar-refractivity contribution in [2.45, 2.75) is 6.42 Å². The third kappa shape index (κ3) is 2.64. The van der Waals surface area contributed by atoms with Crippen LogP contribution in [-0.4, -0.2) is 30.1 Å². The van der Waals surface area contributed by atoms with Crippen molar-refractivity contribution in [3.05, 3.63) is 42.6 Å². The lowest BCUT2D eigenvalue weighted by Gasteiger charge is -2.17. The number of anilines is 2. The Kier molecular flexibility index (Phi) is 3.53. The van der Waals surface area contributed by atoms with Crippen LogP contribution in [0.2, 0.25) is 0 Å². The van der Waals surface area contributed by atoms with Gasteiger partial charge < -0.3 is 19.7 Å². The summed E-state index contributed by atoms with van der Waals surface area (Å²) < 4.78 is 10.6. The average Bonchev–Trinajstić information content (AvgIpc) is 3.21. The van der Waals surface area contributed by atoms with Crippen molar-refractivity contribution in [2.75, 3.05) is 23.6 Å². The standard InChI is InChI=1S/C17H15N3O4/c21-16-7-11(17(22)19-15-3-1-2-6-18-15)9-20(16)12-4-5-13-14(8-12)24-10-23-13/h1-6,8,11H,7,9-10H2,(H,18,19,22). The van der Waals surface area contributed by atoms with Gasteiger partial charge in [-0.3, -0.25) is 9.59 Å². The van der Waals surface area contributed by atoms with Crippen molar-refractivity contribution in [1.29, 1.82) is 0 Å². The molecule has 2 aliphatic rings. The summed E-state index contributed by atoms with van der Waals surface area (Å²) in [6.45, 7) is 0.513. The molecule has 1 fully saturated rings. The molecule has 1 aromatic carbocycles. The van der Waals surface area contributed by atoms with Crippen molar-refractivity contribution in [1.82, 2.24) is 4.98 Å². The lowest BCUT2D eigenvalue weighted by atomic mass is 10.1. The first-order valence-electron chi connectivity index (χ1n) is 7.62. The molecule has 1 saturated heterocycles. The lowest BCUT2D eigenvalue weighted by molar-refractivity contribution is -0.122. The van der Waals surface area contributed by atoms with Crippen molar-refractivity contribution < 1.29 is 19.1 Å². The van der Waals surface area contributed by atoms with Crippen molar-refractivity contribution in [3.8, 4) is 11.5 Å². The number of rotatable bonds is 3. The zero-order chi connectivity index (χ0) is 16.5. The Labute approximate surface area is 138 Å². The van der Waals surface area contributed by atoms with E-state index in [1.165, 1.54) is 0 Å². The molecular formula is C17H15N3O4. The summed E-state index contributed by atoms with van der Waals surface area (Å²) in [5.41, 5.74) is 0.706. The predicted molar refractivity (Wildman–Crippen MR) is 85.9 cm³/mol. The smallest absolute Gasteiger partial charge is 0.231 e. The third-order valence-electron chi connectivity index (χ3n) is 4.08. The molecular weight excluding hydrogens is 310 g/mol. The van der Waals surface area contributed by atoms with Gasteiger partial charge in [-0.2, -0.15) is 0 Å². The first-order valence-corrected chi connectivity index (χ1v) is 7.62. The number of hydrogen-bond donors (Lipinski definition) is 1. The van der Waals surface area contributed by atoms with Gasteiger partial charge >= 0.3 is 0 Å². The number of carbonyl (C=O) groups is 2. The normalized spacial score (nSPS) is 18.8. The van der Waals surface area contributed by atoms with E-state index in [0.717, 1.165) is 0 Å². The minimum Gasteiger partial charge on any atom is -0.454 e. The fraction of sp³-hybridized carbons (Fsp3) is 0.235. The first-order chi connectivity index (χ1) is 11.7. The van der Waals surface area contributed by atoms with Crippen LogP contribution in [0.15, 0.2) is 42.6 Å². The number of pyridine rings is 1. The fourth-order valence-electron chi connectivity index (χ4n) is 2.85. The monoisotopic (exact) mass is 325 g/mol. The Bertz CT molecular complexity index is 794. The Morgan fingerprint density at radius 2 is 2.08 bits per heavy atom. The molecule has 0 aliphatic carbocycles. The lowest BCUT2D eigenvalue weighted by Crippen LogP contribution is -2.28. The minimum absolute atomic E-state index is 0.0879. The Morgan fingerprint density at radius 1 is 1.21 bits per heavy atom. The molecule has 2 aromatic rings.